The van der Waals surface area contributed by atoms with Crippen LogP contribution in [-0.4, -0.2) is 132 Å². The molecule has 76 heavy (non-hydrogen) atoms. The number of amides is 2. The first-order valence-electron chi connectivity index (χ1n) is 26.9. The van der Waals surface area contributed by atoms with E-state index in [0.29, 0.717) is 105 Å². The lowest BCUT2D eigenvalue weighted by atomic mass is 9.81. The second-order valence-corrected chi connectivity index (χ2v) is 20.6. The number of aryl methyl sites for hydroxylation is 2. The number of benzene rings is 3. The normalized spacial score (nSPS) is 20.2. The van der Waals surface area contributed by atoms with E-state index >= 15 is 4.39 Å². The average molecular weight is 1040 g/mol. The van der Waals surface area contributed by atoms with Crippen molar-refractivity contribution in [3.63, 3.8) is 0 Å². The molecule has 5 heterocycles. The van der Waals surface area contributed by atoms with E-state index in [1.54, 1.807) is 26.2 Å². The number of pyridine rings is 1. The zero-order valence-corrected chi connectivity index (χ0v) is 44.3. The molecule has 3 fully saturated rings. The molecule has 2 aromatic heterocycles. The molecule has 5 atom stereocenters. The van der Waals surface area contributed by atoms with Crippen molar-refractivity contribution >= 4 is 51.6 Å². The van der Waals surface area contributed by atoms with Gasteiger partial charge in [-0.25, -0.2) is 9.18 Å². The van der Waals surface area contributed by atoms with E-state index in [1.807, 2.05) is 56.3 Å². The van der Waals surface area contributed by atoms with E-state index in [1.165, 1.54) is 6.07 Å². The van der Waals surface area contributed by atoms with Gasteiger partial charge in [0.25, 0.3) is 0 Å². The highest BCUT2D eigenvalue weighted by molar-refractivity contribution is 6.03. The number of terminal acetylenes is 1. The molecule has 2 unspecified atom stereocenters. The van der Waals surface area contributed by atoms with Crippen LogP contribution >= 0.6 is 0 Å². The van der Waals surface area contributed by atoms with E-state index in [4.69, 9.17) is 40.3 Å². The third-order valence-electron chi connectivity index (χ3n) is 15.5. The zero-order chi connectivity index (χ0) is 53.8. The topological polar surface area (TPSA) is 195 Å². The smallest absolute Gasteiger partial charge is 0.407 e. The van der Waals surface area contributed by atoms with E-state index < -0.39 is 29.3 Å². The second kappa shape index (κ2) is 25.4. The predicted molar refractivity (Wildman–Crippen MR) is 289 cm³/mol. The molecule has 16 nitrogen and oxygen atoms in total. The predicted octanol–water partition coefficient (Wildman–Crippen LogP) is 7.95. The first kappa shape index (κ1) is 55.5. The summed E-state index contributed by atoms with van der Waals surface area (Å²) >= 11 is 0. The van der Waals surface area contributed by atoms with Crippen LogP contribution in [0.4, 0.5) is 15.0 Å². The van der Waals surface area contributed by atoms with Gasteiger partial charge in [-0.1, -0.05) is 56.2 Å². The summed E-state index contributed by atoms with van der Waals surface area (Å²) in [5.74, 6) is 2.32. The fraction of sp³-hybridized carbons (Fsp3) is 0.508. The lowest BCUT2D eigenvalue weighted by molar-refractivity contribution is -0.129. The van der Waals surface area contributed by atoms with Gasteiger partial charge in [-0.3, -0.25) is 19.5 Å². The molecule has 0 saturated carbocycles. The van der Waals surface area contributed by atoms with E-state index in [2.05, 4.69) is 26.4 Å². The van der Waals surface area contributed by atoms with E-state index in [0.717, 1.165) is 66.8 Å². The van der Waals surface area contributed by atoms with Crippen LogP contribution in [0.25, 0.3) is 32.9 Å². The second-order valence-electron chi connectivity index (χ2n) is 20.6. The van der Waals surface area contributed by atoms with Gasteiger partial charge in [-0.2, -0.15) is 9.97 Å². The highest BCUT2D eigenvalue weighted by atomic mass is 19.1. The van der Waals surface area contributed by atoms with Gasteiger partial charge in [0.1, 0.15) is 49.3 Å². The number of aldehydes is 1. The summed E-state index contributed by atoms with van der Waals surface area (Å²) in [6, 6.07) is 16.7. The Labute approximate surface area is 444 Å². The highest BCUT2D eigenvalue weighted by Gasteiger charge is 2.50. The Hall–Kier alpha value is -6.74. The first-order chi connectivity index (χ1) is 36.8. The van der Waals surface area contributed by atoms with E-state index in [9.17, 15) is 24.3 Å². The number of alkyl carbamates (subject to hydrolysis) is 1. The number of piperidine rings is 1. The number of Topliss-reactive ketones (excluding diaryl/α,β-unsaturated/α-hetero) is 1. The molecular formula is C59H72FN7O9. The molecular weight excluding hydrogens is 970 g/mol. The number of β-amino-alcohol motifs (C(OH)–C–C–N with tert-alkyl or cyclic N) is 1. The van der Waals surface area contributed by atoms with Gasteiger partial charge < -0.3 is 44.4 Å². The summed E-state index contributed by atoms with van der Waals surface area (Å²) in [6.07, 6.45) is 15.6. The Balaban J connectivity index is 0.824. The summed E-state index contributed by atoms with van der Waals surface area (Å²) < 4.78 is 39.1. The number of fused-ring (bicyclic) bond motifs is 3. The van der Waals surface area contributed by atoms with Crippen molar-refractivity contribution in [2.75, 3.05) is 71.2 Å². The number of carbonyl (C=O) groups excluding carboxylic acids is 4. The van der Waals surface area contributed by atoms with Crippen LogP contribution in [0.2, 0.25) is 0 Å². The fourth-order valence-electron chi connectivity index (χ4n) is 11.6. The Morgan fingerprint density at radius 3 is 2.57 bits per heavy atom. The summed E-state index contributed by atoms with van der Waals surface area (Å²) in [4.78, 5) is 68.9. The molecule has 0 spiro atoms. The van der Waals surface area contributed by atoms with Crippen LogP contribution in [0.5, 0.6) is 11.8 Å². The number of aliphatic hydroxyl groups is 1. The standard InChI is InChI=1S/C59H72FN7O9/c1-6-44-49(60)22-18-40-12-9-13-47(52(40)44)53-45(7-2)54-48(34-63-53)55(66-29-10-25-58(4,72)37-66)65-56(64-54)76-38-59-26-11-30-67(59)42(24-27-59)36-75-57(71)62-28-31-73-32-33-74-43-19-15-39(16-20-43)14-17-41(35-68)46(50(69)8-3)21-23-51(70)61-5/h1,9,12-13,15-16,18-20,22,34-35,41-42,46,72H,7-8,10-11,14,17,21,23-33,36-38H2,2-5H3,(H,61,70)(H,62,71)/t41?,42-,46?,58+,59-/m0/s1. The molecule has 8 rings (SSSR count). The number of rotatable bonds is 25. The SMILES string of the molecule is C#Cc1c(F)ccc2cccc(-c3ncc4c(N5CCC[C@@](C)(O)C5)nc(OC[C@@]56CCCN5[C@H](COC(=O)NCCOCCOc5ccc(CCC(C=O)C(CCC(=O)NC)C(=O)CC)cc5)CC6)nc4c3CC)c12. The lowest BCUT2D eigenvalue weighted by Crippen LogP contribution is -2.48. The van der Waals surface area contributed by atoms with Crippen LogP contribution in [0.15, 0.2) is 60.8 Å². The van der Waals surface area contributed by atoms with Crippen LogP contribution in [0, 0.1) is 30.0 Å². The molecule has 3 N–H and O–H groups in total. The first-order valence-corrected chi connectivity index (χ1v) is 26.9. The largest absolute Gasteiger partial charge is 0.491 e. The minimum atomic E-state index is -0.909. The van der Waals surface area contributed by atoms with Crippen molar-refractivity contribution in [1.29, 1.82) is 0 Å². The molecule has 0 aliphatic carbocycles. The number of nitrogens with zero attached hydrogens (tertiary/aromatic N) is 5. The number of nitrogens with one attached hydrogen (secondary N) is 2. The van der Waals surface area contributed by atoms with Gasteiger partial charge in [0.05, 0.1) is 46.5 Å². The minimum Gasteiger partial charge on any atom is -0.491 e. The monoisotopic (exact) mass is 1040 g/mol. The maximum absolute atomic E-state index is 15.2. The Bertz CT molecular complexity index is 2910. The number of ether oxygens (including phenoxy) is 4. The number of carbonyl (C=O) groups is 4. The zero-order valence-electron chi connectivity index (χ0n) is 44.3. The average Bonchev–Trinajstić information content (AvgIpc) is 4.08. The number of hydrogen-bond acceptors (Lipinski definition) is 14. The Morgan fingerprint density at radius 2 is 1.82 bits per heavy atom. The molecule has 404 valence electrons. The number of anilines is 1. The molecule has 2 amide bonds. The van der Waals surface area contributed by atoms with Crippen molar-refractivity contribution in [1.82, 2.24) is 30.5 Å². The van der Waals surface area contributed by atoms with Gasteiger partial charge in [0.15, 0.2) is 0 Å². The van der Waals surface area contributed by atoms with Gasteiger partial charge in [0.2, 0.25) is 5.91 Å². The number of ketones is 1. The van der Waals surface area contributed by atoms with Crippen molar-refractivity contribution in [3.8, 4) is 35.4 Å². The summed E-state index contributed by atoms with van der Waals surface area (Å²) in [7, 11) is 1.56. The fourth-order valence-corrected chi connectivity index (χ4v) is 11.6. The van der Waals surface area contributed by atoms with Crippen molar-refractivity contribution in [2.45, 2.75) is 115 Å². The van der Waals surface area contributed by atoms with Crippen molar-refractivity contribution in [2.24, 2.45) is 11.8 Å². The molecule has 3 saturated heterocycles. The summed E-state index contributed by atoms with van der Waals surface area (Å²) in [5.41, 5.74) is 2.88. The molecule has 0 radical (unpaired) electrons. The number of aromatic nitrogens is 3. The van der Waals surface area contributed by atoms with Crippen molar-refractivity contribution in [3.05, 3.63) is 83.3 Å². The van der Waals surface area contributed by atoms with Crippen LogP contribution < -0.4 is 25.0 Å². The highest BCUT2D eigenvalue weighted by Crippen LogP contribution is 2.44. The molecule has 3 aromatic carbocycles. The summed E-state index contributed by atoms with van der Waals surface area (Å²) in [6.45, 7) is 9.33. The third kappa shape index (κ3) is 12.9. The van der Waals surface area contributed by atoms with Crippen LogP contribution in [0.3, 0.4) is 0 Å². The Morgan fingerprint density at radius 1 is 1.00 bits per heavy atom. The minimum absolute atomic E-state index is 0.00203. The van der Waals surface area contributed by atoms with Gasteiger partial charge in [-0.05, 0) is 107 Å². The van der Waals surface area contributed by atoms with Crippen molar-refractivity contribution < 1.29 is 47.6 Å². The molecule has 3 aliphatic heterocycles. The molecule has 0 bridgehead atoms. The van der Waals surface area contributed by atoms with Crippen LogP contribution in [0.1, 0.15) is 102 Å². The van der Waals surface area contributed by atoms with Gasteiger partial charge in [-0.15, -0.1) is 6.42 Å². The number of halogens is 1. The van der Waals surface area contributed by atoms with Gasteiger partial charge >= 0.3 is 12.1 Å². The Kier molecular flexibility index (Phi) is 18.5. The lowest BCUT2D eigenvalue weighted by Gasteiger charge is -2.38. The van der Waals surface area contributed by atoms with Crippen LogP contribution in [-0.2, 0) is 36.7 Å². The third-order valence-corrected chi connectivity index (χ3v) is 15.5. The van der Waals surface area contributed by atoms with E-state index in [-0.39, 0.29) is 61.0 Å². The maximum atomic E-state index is 15.2. The molecule has 5 aromatic rings. The summed E-state index contributed by atoms with van der Waals surface area (Å²) in [5, 5.41) is 18.7. The maximum Gasteiger partial charge on any atom is 0.407 e. The van der Waals surface area contributed by atoms with Gasteiger partial charge in [0, 0.05) is 80.1 Å². The molecule has 17 heteroatoms. The number of hydrogen-bond donors (Lipinski definition) is 3. The molecule has 3 aliphatic rings. The quantitative estimate of drug-likeness (QED) is 0.0290.